The molecule has 1 aliphatic heterocycles. The van der Waals surface area contributed by atoms with E-state index in [1.807, 2.05) is 41.0 Å². The number of aliphatic hydroxyl groups excluding tert-OH is 1. The van der Waals surface area contributed by atoms with Crippen LogP contribution in [0.2, 0.25) is 0 Å². The van der Waals surface area contributed by atoms with Crippen molar-refractivity contribution in [2.45, 2.75) is 19.5 Å². The molecule has 4 rings (SSSR count). The smallest absolute Gasteiger partial charge is 0.258 e. The quantitative estimate of drug-likeness (QED) is 0.659. The van der Waals surface area contributed by atoms with Crippen LogP contribution in [-0.2, 0) is 19.5 Å². The molecule has 0 saturated heterocycles. The summed E-state index contributed by atoms with van der Waals surface area (Å²) in [6.45, 7) is 1.99. The van der Waals surface area contributed by atoms with Crippen molar-refractivity contribution < 1.29 is 5.11 Å². The third-order valence-electron chi connectivity index (χ3n) is 4.62. The van der Waals surface area contributed by atoms with E-state index in [1.165, 1.54) is 10.4 Å². The largest absolute Gasteiger partial charge is 0.395 e. The Labute approximate surface area is 162 Å². The Morgan fingerprint density at radius 2 is 2.00 bits per heavy atom. The first-order chi connectivity index (χ1) is 12.3. The average molecular weight is 389 g/mol. The van der Waals surface area contributed by atoms with Crippen molar-refractivity contribution in [3.63, 3.8) is 0 Å². The molecular formula is C20H21ClN2O2S. The lowest BCUT2D eigenvalue weighted by molar-refractivity contribution is 0.292. The van der Waals surface area contributed by atoms with Gasteiger partial charge >= 0.3 is 0 Å². The van der Waals surface area contributed by atoms with Gasteiger partial charge < -0.3 is 15.0 Å². The van der Waals surface area contributed by atoms with E-state index in [0.29, 0.717) is 19.6 Å². The van der Waals surface area contributed by atoms with E-state index in [-0.39, 0.29) is 24.6 Å². The second kappa shape index (κ2) is 8.18. The monoisotopic (exact) mass is 388 g/mol. The number of nitrogens with zero attached hydrogens (tertiary/aromatic N) is 1. The number of fused-ring (bicyclic) bond motifs is 3. The average Bonchev–Trinajstić information content (AvgIpc) is 3.13. The molecule has 0 bridgehead atoms. The van der Waals surface area contributed by atoms with Gasteiger partial charge in [0.25, 0.3) is 5.56 Å². The van der Waals surface area contributed by atoms with Crippen LogP contribution in [0.5, 0.6) is 0 Å². The summed E-state index contributed by atoms with van der Waals surface area (Å²) in [5, 5.41) is 14.4. The summed E-state index contributed by atoms with van der Waals surface area (Å²) in [5.74, 6) is 0. The van der Waals surface area contributed by atoms with Crippen LogP contribution in [0.1, 0.15) is 11.1 Å². The zero-order valence-corrected chi connectivity index (χ0v) is 15.9. The molecule has 0 radical (unpaired) electrons. The molecule has 3 heterocycles. The van der Waals surface area contributed by atoms with Gasteiger partial charge in [-0.15, -0.1) is 23.7 Å². The Hall–Kier alpha value is -1.92. The normalized spacial score (nSPS) is 12.2. The van der Waals surface area contributed by atoms with E-state index in [1.54, 1.807) is 11.3 Å². The number of aryl methyl sites for hydroxylation is 1. The summed E-state index contributed by atoms with van der Waals surface area (Å²) >= 11 is 1.69. The van der Waals surface area contributed by atoms with Crippen LogP contribution in [0.4, 0.5) is 0 Å². The lowest BCUT2D eigenvalue weighted by Gasteiger charge is -2.23. The van der Waals surface area contributed by atoms with Gasteiger partial charge in [-0.2, -0.15) is 0 Å². The third kappa shape index (κ3) is 3.35. The van der Waals surface area contributed by atoms with Crippen molar-refractivity contribution in [2.75, 3.05) is 13.2 Å². The summed E-state index contributed by atoms with van der Waals surface area (Å²) in [5.41, 5.74) is 5.22. The van der Waals surface area contributed by atoms with Crippen LogP contribution in [0.15, 0.2) is 52.6 Å². The number of hydrogen-bond donors (Lipinski definition) is 2. The van der Waals surface area contributed by atoms with Crippen LogP contribution >= 0.6 is 23.7 Å². The van der Waals surface area contributed by atoms with Crippen molar-refractivity contribution in [3.05, 3.63) is 69.3 Å². The van der Waals surface area contributed by atoms with E-state index in [9.17, 15) is 4.79 Å². The fourth-order valence-electron chi connectivity index (χ4n) is 3.44. The highest BCUT2D eigenvalue weighted by molar-refractivity contribution is 7.13. The first-order valence-corrected chi connectivity index (χ1v) is 9.38. The maximum absolute atomic E-state index is 13.1. The molecule has 0 amide bonds. The molecule has 6 heteroatoms. The number of aromatic nitrogens is 1. The van der Waals surface area contributed by atoms with E-state index in [0.717, 1.165) is 28.8 Å². The number of thiophene rings is 1. The van der Waals surface area contributed by atoms with Crippen LogP contribution in [0.25, 0.3) is 21.7 Å². The zero-order valence-electron chi connectivity index (χ0n) is 14.3. The second-order valence-corrected chi connectivity index (χ2v) is 7.10. The number of rotatable bonds is 5. The minimum atomic E-state index is 0. The van der Waals surface area contributed by atoms with Crippen molar-refractivity contribution in [1.82, 2.24) is 9.88 Å². The predicted molar refractivity (Wildman–Crippen MR) is 109 cm³/mol. The topological polar surface area (TPSA) is 54.3 Å². The second-order valence-electron chi connectivity index (χ2n) is 6.18. The highest BCUT2D eigenvalue weighted by Crippen LogP contribution is 2.36. The first kappa shape index (κ1) is 18.9. The summed E-state index contributed by atoms with van der Waals surface area (Å²) in [6.07, 6.45) is 0.896. The molecular weight excluding hydrogens is 368 g/mol. The number of benzene rings is 1. The molecule has 0 fully saturated rings. The SMILES string of the molecule is Cl.O=c1c(-c2ccccc2)cc(CNCCO)c2n1CCc1ccsc1-2. The fraction of sp³-hybridized carbons (Fsp3) is 0.250. The minimum absolute atomic E-state index is 0. The van der Waals surface area contributed by atoms with Crippen molar-refractivity contribution >= 4 is 23.7 Å². The van der Waals surface area contributed by atoms with Gasteiger partial charge in [0, 0.05) is 25.2 Å². The summed E-state index contributed by atoms with van der Waals surface area (Å²) in [7, 11) is 0. The molecule has 1 aromatic carbocycles. The number of aliphatic hydroxyl groups is 1. The molecule has 136 valence electrons. The molecule has 0 unspecified atom stereocenters. The van der Waals surface area contributed by atoms with Gasteiger partial charge in [-0.25, -0.2) is 0 Å². The molecule has 1 aliphatic rings. The van der Waals surface area contributed by atoms with Gasteiger partial charge in [0.2, 0.25) is 0 Å². The minimum Gasteiger partial charge on any atom is -0.395 e. The van der Waals surface area contributed by atoms with E-state index < -0.39 is 0 Å². The molecule has 4 nitrogen and oxygen atoms in total. The van der Waals surface area contributed by atoms with E-state index in [4.69, 9.17) is 5.11 Å². The van der Waals surface area contributed by atoms with Crippen LogP contribution < -0.4 is 10.9 Å². The third-order valence-corrected chi connectivity index (χ3v) is 5.59. The number of halogens is 1. The maximum atomic E-state index is 13.1. The lowest BCUT2D eigenvalue weighted by Crippen LogP contribution is -2.29. The maximum Gasteiger partial charge on any atom is 0.258 e. The van der Waals surface area contributed by atoms with Crippen molar-refractivity contribution in [1.29, 1.82) is 0 Å². The zero-order chi connectivity index (χ0) is 17.2. The fourth-order valence-corrected chi connectivity index (χ4v) is 4.48. The molecule has 0 atom stereocenters. The van der Waals surface area contributed by atoms with Crippen molar-refractivity contribution in [2.24, 2.45) is 0 Å². The molecule has 3 aromatic rings. The summed E-state index contributed by atoms with van der Waals surface area (Å²) in [4.78, 5) is 14.3. The van der Waals surface area contributed by atoms with Crippen LogP contribution in [-0.4, -0.2) is 22.8 Å². The standard InChI is InChI=1S/C20H20N2O2S.ClH/c23-10-8-21-13-16-12-17(14-4-2-1-3-5-14)20(24)22-9-6-15-7-11-25-19(15)18(16)22;/h1-5,7,11-12,21,23H,6,8-10,13H2;1H. The Bertz CT molecular complexity index is 950. The number of nitrogens with one attached hydrogen (secondary N) is 1. The molecule has 0 spiro atoms. The van der Waals surface area contributed by atoms with Gasteiger partial charge in [0.15, 0.2) is 0 Å². The molecule has 0 aliphatic carbocycles. The Morgan fingerprint density at radius 1 is 1.19 bits per heavy atom. The van der Waals surface area contributed by atoms with Crippen molar-refractivity contribution in [3.8, 4) is 21.7 Å². The number of hydrogen-bond acceptors (Lipinski definition) is 4. The number of pyridine rings is 1. The summed E-state index contributed by atoms with van der Waals surface area (Å²) < 4.78 is 1.93. The Morgan fingerprint density at radius 3 is 2.77 bits per heavy atom. The van der Waals surface area contributed by atoms with E-state index in [2.05, 4.69) is 16.8 Å². The van der Waals surface area contributed by atoms with Crippen LogP contribution in [0.3, 0.4) is 0 Å². The molecule has 2 aromatic heterocycles. The summed E-state index contributed by atoms with van der Waals surface area (Å²) in [6, 6.07) is 14.0. The van der Waals surface area contributed by atoms with E-state index >= 15 is 0 Å². The molecule has 2 N–H and O–H groups in total. The Balaban J connectivity index is 0.00000196. The molecule has 26 heavy (non-hydrogen) atoms. The lowest BCUT2D eigenvalue weighted by atomic mass is 9.98. The predicted octanol–water partition coefficient (Wildman–Crippen LogP) is 3.30. The first-order valence-electron chi connectivity index (χ1n) is 8.50. The van der Waals surface area contributed by atoms with Gasteiger partial charge in [-0.1, -0.05) is 30.3 Å². The van der Waals surface area contributed by atoms with Gasteiger partial charge in [0.1, 0.15) is 0 Å². The van der Waals surface area contributed by atoms with Gasteiger partial charge in [-0.3, -0.25) is 4.79 Å². The van der Waals surface area contributed by atoms with Crippen LogP contribution in [0, 0.1) is 0 Å². The highest BCUT2D eigenvalue weighted by atomic mass is 35.5. The molecule has 0 saturated carbocycles. The van der Waals surface area contributed by atoms with Gasteiger partial charge in [0.05, 0.1) is 17.2 Å². The highest BCUT2D eigenvalue weighted by Gasteiger charge is 2.23. The van der Waals surface area contributed by atoms with Gasteiger partial charge in [-0.05, 0) is 40.6 Å². The Kier molecular flexibility index (Phi) is 5.94.